The first-order valence-corrected chi connectivity index (χ1v) is 8.94. The number of aliphatic hydroxyl groups is 1. The molecule has 146 valence electrons. The number of nitrogens with zero attached hydrogens (tertiary/aromatic N) is 3. The molecule has 26 heavy (non-hydrogen) atoms. The van der Waals surface area contributed by atoms with Crippen LogP contribution in [-0.4, -0.2) is 58.7 Å². The lowest BCUT2D eigenvalue weighted by Crippen LogP contribution is -2.47. The van der Waals surface area contributed by atoms with Gasteiger partial charge in [-0.15, -0.1) is 0 Å². The van der Waals surface area contributed by atoms with E-state index in [-0.39, 0.29) is 25.1 Å². The predicted molar refractivity (Wildman–Crippen MR) is 91.1 cm³/mol. The van der Waals surface area contributed by atoms with Crippen LogP contribution in [0.2, 0.25) is 0 Å². The predicted octanol–water partition coefficient (Wildman–Crippen LogP) is 2.60. The van der Waals surface area contributed by atoms with E-state index in [0.717, 1.165) is 19.4 Å². The van der Waals surface area contributed by atoms with Crippen LogP contribution in [-0.2, 0) is 4.74 Å². The van der Waals surface area contributed by atoms with Gasteiger partial charge in [-0.25, -0.2) is 9.97 Å². The van der Waals surface area contributed by atoms with Gasteiger partial charge in [-0.3, -0.25) is 0 Å². The molecule has 0 unspecified atom stereocenters. The van der Waals surface area contributed by atoms with E-state index >= 15 is 0 Å². The first-order valence-electron chi connectivity index (χ1n) is 8.94. The minimum atomic E-state index is -4.65. The lowest BCUT2D eigenvalue weighted by Gasteiger charge is -2.35. The highest BCUT2D eigenvalue weighted by molar-refractivity contribution is 5.50. The van der Waals surface area contributed by atoms with E-state index in [1.54, 1.807) is 6.07 Å². The van der Waals surface area contributed by atoms with Crippen LogP contribution in [0.25, 0.3) is 0 Å². The van der Waals surface area contributed by atoms with Gasteiger partial charge in [-0.05, 0) is 18.8 Å². The molecule has 2 aliphatic heterocycles. The second kappa shape index (κ2) is 7.19. The van der Waals surface area contributed by atoms with E-state index in [2.05, 4.69) is 29.1 Å². The minimum Gasteiger partial charge on any atom is -0.379 e. The highest BCUT2D eigenvalue weighted by atomic mass is 19.4. The third-order valence-electron chi connectivity index (χ3n) is 5.11. The average molecular weight is 374 g/mol. The third-order valence-corrected chi connectivity index (χ3v) is 5.11. The lowest BCUT2D eigenvalue weighted by molar-refractivity contribution is -0.250. The van der Waals surface area contributed by atoms with E-state index in [4.69, 9.17) is 4.74 Å². The van der Waals surface area contributed by atoms with E-state index < -0.39 is 18.3 Å². The highest BCUT2D eigenvalue weighted by Gasteiger charge is 2.57. The van der Waals surface area contributed by atoms with E-state index in [1.165, 1.54) is 11.2 Å². The van der Waals surface area contributed by atoms with Crippen molar-refractivity contribution in [3.05, 3.63) is 12.4 Å². The Morgan fingerprint density at radius 3 is 2.81 bits per heavy atom. The normalized spacial score (nSPS) is 30.0. The molecule has 6 nitrogen and oxygen atoms in total. The molecule has 0 radical (unpaired) electrons. The molecule has 0 bridgehead atoms. The maximum Gasteiger partial charge on any atom is 0.418 e. The molecule has 2 N–H and O–H groups in total. The van der Waals surface area contributed by atoms with Gasteiger partial charge in [0.25, 0.3) is 0 Å². The third kappa shape index (κ3) is 3.88. The largest absolute Gasteiger partial charge is 0.418 e. The summed E-state index contributed by atoms with van der Waals surface area (Å²) in [7, 11) is 0. The fraction of sp³-hybridized carbons (Fsp3) is 0.765. The van der Waals surface area contributed by atoms with Crippen molar-refractivity contribution in [1.29, 1.82) is 0 Å². The Labute approximate surface area is 150 Å². The zero-order valence-electron chi connectivity index (χ0n) is 15.0. The van der Waals surface area contributed by atoms with Crippen LogP contribution >= 0.6 is 0 Å². The molecule has 0 aliphatic carbocycles. The van der Waals surface area contributed by atoms with Crippen LogP contribution in [0.15, 0.2) is 12.4 Å². The smallest absolute Gasteiger partial charge is 0.379 e. The number of β-amino-alcohol motifs (C(OH)–C–C–N with tert-alkyl or cyclic N) is 1. The van der Waals surface area contributed by atoms with Crippen LogP contribution < -0.4 is 10.2 Å². The van der Waals surface area contributed by atoms with Crippen molar-refractivity contribution >= 4 is 11.6 Å². The van der Waals surface area contributed by atoms with Gasteiger partial charge >= 0.3 is 6.18 Å². The number of ether oxygens (including phenoxy) is 1. The number of rotatable bonds is 4. The van der Waals surface area contributed by atoms with Gasteiger partial charge in [0.15, 0.2) is 5.60 Å². The first-order chi connectivity index (χ1) is 12.2. The number of hydrogen-bond donors (Lipinski definition) is 2. The molecule has 2 fully saturated rings. The topological polar surface area (TPSA) is 70.5 Å². The molecule has 1 aromatic rings. The second-order valence-electron chi connectivity index (χ2n) is 7.43. The van der Waals surface area contributed by atoms with Gasteiger partial charge in [0, 0.05) is 25.6 Å². The number of hydrogen-bond acceptors (Lipinski definition) is 6. The fourth-order valence-corrected chi connectivity index (χ4v) is 3.62. The van der Waals surface area contributed by atoms with Crippen molar-refractivity contribution in [2.24, 2.45) is 5.92 Å². The summed E-state index contributed by atoms with van der Waals surface area (Å²) in [6, 6.07) is 1.73. The van der Waals surface area contributed by atoms with Gasteiger partial charge in [0.05, 0.1) is 18.7 Å². The van der Waals surface area contributed by atoms with Gasteiger partial charge in [-0.2, -0.15) is 13.2 Å². The van der Waals surface area contributed by atoms with Crippen LogP contribution in [0.3, 0.4) is 0 Å². The molecule has 1 aromatic heterocycles. The molecule has 0 aromatic carbocycles. The zero-order valence-corrected chi connectivity index (χ0v) is 15.0. The molecule has 3 heterocycles. The Kier molecular flexibility index (Phi) is 5.30. The van der Waals surface area contributed by atoms with Crippen molar-refractivity contribution in [2.45, 2.75) is 57.0 Å². The minimum absolute atomic E-state index is 0.0595. The SMILES string of the molecule is CC(C)[C@@H]1OCCC[C@H]1Nc1cc(N2CC[C@](O)(C(F)(F)F)C2)ncn1. The van der Waals surface area contributed by atoms with Crippen LogP contribution in [0, 0.1) is 5.92 Å². The Hall–Kier alpha value is -1.61. The monoisotopic (exact) mass is 374 g/mol. The Morgan fingerprint density at radius 1 is 1.38 bits per heavy atom. The molecule has 3 rings (SSSR count). The van der Waals surface area contributed by atoms with Crippen molar-refractivity contribution in [2.75, 3.05) is 29.9 Å². The van der Waals surface area contributed by atoms with Crippen molar-refractivity contribution in [1.82, 2.24) is 9.97 Å². The molecule has 2 aliphatic rings. The maximum absolute atomic E-state index is 13.0. The van der Waals surface area contributed by atoms with Gasteiger partial charge in [0.2, 0.25) is 0 Å². The highest BCUT2D eigenvalue weighted by Crippen LogP contribution is 2.39. The van der Waals surface area contributed by atoms with E-state index in [0.29, 0.717) is 17.6 Å². The van der Waals surface area contributed by atoms with Crippen molar-refractivity contribution < 1.29 is 23.0 Å². The fourth-order valence-electron chi connectivity index (χ4n) is 3.62. The summed E-state index contributed by atoms with van der Waals surface area (Å²) in [5.74, 6) is 1.27. The van der Waals surface area contributed by atoms with E-state index in [1.807, 2.05) is 0 Å². The van der Waals surface area contributed by atoms with Gasteiger partial charge in [0.1, 0.15) is 18.0 Å². The Balaban J connectivity index is 1.71. The second-order valence-corrected chi connectivity index (χ2v) is 7.43. The molecule has 9 heteroatoms. The first kappa shape index (κ1) is 19.2. The molecule has 0 amide bonds. The average Bonchev–Trinajstić information content (AvgIpc) is 2.99. The number of alkyl halides is 3. The summed E-state index contributed by atoms with van der Waals surface area (Å²) in [4.78, 5) is 9.72. The number of anilines is 2. The van der Waals surface area contributed by atoms with Gasteiger partial charge in [-0.1, -0.05) is 13.8 Å². The lowest BCUT2D eigenvalue weighted by atomic mass is 9.94. The summed E-state index contributed by atoms with van der Waals surface area (Å²) in [6.45, 7) is 4.50. The molecule has 2 saturated heterocycles. The van der Waals surface area contributed by atoms with E-state index in [9.17, 15) is 18.3 Å². The van der Waals surface area contributed by atoms with Crippen molar-refractivity contribution in [3.8, 4) is 0 Å². The molecular formula is C17H25F3N4O2. The molecule has 0 spiro atoms. The summed E-state index contributed by atoms with van der Waals surface area (Å²) >= 11 is 0. The van der Waals surface area contributed by atoms with Crippen LogP contribution in [0.1, 0.15) is 33.1 Å². The Morgan fingerprint density at radius 2 is 2.15 bits per heavy atom. The maximum atomic E-state index is 13.0. The summed E-state index contributed by atoms with van der Waals surface area (Å²) in [6.07, 6.45) is -1.74. The summed E-state index contributed by atoms with van der Waals surface area (Å²) in [5.41, 5.74) is -2.69. The Bertz CT molecular complexity index is 628. The summed E-state index contributed by atoms with van der Waals surface area (Å²) < 4.78 is 44.9. The van der Waals surface area contributed by atoms with Crippen molar-refractivity contribution in [3.63, 3.8) is 0 Å². The van der Waals surface area contributed by atoms with Gasteiger partial charge < -0.3 is 20.1 Å². The van der Waals surface area contributed by atoms with Crippen LogP contribution in [0.4, 0.5) is 24.8 Å². The number of nitrogens with one attached hydrogen (secondary N) is 1. The number of halogens is 3. The quantitative estimate of drug-likeness (QED) is 0.844. The molecular weight excluding hydrogens is 349 g/mol. The standard InChI is InChI=1S/C17H25F3N4O2/c1-11(2)15-12(4-3-7-26-15)23-13-8-14(22-10-21-13)24-6-5-16(25,9-24)17(18,19)20/h8,10-12,15,25H,3-7,9H2,1-2H3,(H,21,22,23)/t12-,15+,16-/m1/s1. The summed E-state index contributed by atoms with van der Waals surface area (Å²) in [5, 5.41) is 13.2. The molecule has 3 atom stereocenters. The molecule has 0 saturated carbocycles. The number of aromatic nitrogens is 2. The zero-order chi connectivity index (χ0) is 18.9. The van der Waals surface area contributed by atoms with Crippen LogP contribution in [0.5, 0.6) is 0 Å².